The molecule has 0 amide bonds. The lowest BCUT2D eigenvalue weighted by Crippen LogP contribution is -2.05. The highest BCUT2D eigenvalue weighted by Gasteiger charge is 2.50. The van der Waals surface area contributed by atoms with E-state index in [-0.39, 0.29) is 11.2 Å². The molecule has 0 aromatic carbocycles. The van der Waals surface area contributed by atoms with Gasteiger partial charge < -0.3 is 4.74 Å². The third-order valence-electron chi connectivity index (χ3n) is 2.32. The highest BCUT2D eigenvalue weighted by molar-refractivity contribution is 6.22. The van der Waals surface area contributed by atoms with Crippen LogP contribution in [0.4, 0.5) is 0 Å². The van der Waals surface area contributed by atoms with Crippen LogP contribution in [0, 0.1) is 0 Å². The zero-order valence-corrected chi connectivity index (χ0v) is 8.16. The fourth-order valence-corrected chi connectivity index (χ4v) is 1.59. The number of halogens is 1. The van der Waals surface area contributed by atoms with E-state index in [1.165, 1.54) is 25.7 Å². The van der Waals surface area contributed by atoms with E-state index in [1.807, 2.05) is 0 Å². The zero-order valence-electron chi connectivity index (χ0n) is 7.40. The van der Waals surface area contributed by atoms with Gasteiger partial charge in [0, 0.05) is 0 Å². The van der Waals surface area contributed by atoms with E-state index in [1.54, 1.807) is 0 Å². The monoisotopic (exact) mass is 176 g/mol. The van der Waals surface area contributed by atoms with Crippen LogP contribution in [-0.2, 0) is 4.74 Å². The van der Waals surface area contributed by atoms with Crippen molar-refractivity contribution in [2.75, 3.05) is 0 Å². The van der Waals surface area contributed by atoms with Gasteiger partial charge in [0.1, 0.15) is 5.60 Å². The van der Waals surface area contributed by atoms with E-state index >= 15 is 0 Å². The molecule has 66 valence electrons. The molecule has 1 rings (SSSR count). The Balaban J connectivity index is 1.96. The minimum absolute atomic E-state index is 0.0101. The summed E-state index contributed by atoms with van der Waals surface area (Å²) in [6.07, 6.45) is 6.33. The van der Waals surface area contributed by atoms with Crippen LogP contribution in [0.15, 0.2) is 0 Å². The molecule has 0 bridgehead atoms. The minimum Gasteiger partial charge on any atom is -0.349 e. The van der Waals surface area contributed by atoms with Crippen molar-refractivity contribution in [2.45, 2.75) is 57.1 Å². The van der Waals surface area contributed by atoms with Gasteiger partial charge in [-0.3, -0.25) is 0 Å². The van der Waals surface area contributed by atoms with Crippen molar-refractivity contribution in [3.8, 4) is 0 Å². The summed E-state index contributed by atoms with van der Waals surface area (Å²) in [5.41, 5.74) is 0.0130. The van der Waals surface area contributed by atoms with E-state index in [0.717, 1.165) is 6.42 Å². The van der Waals surface area contributed by atoms with Crippen molar-refractivity contribution < 1.29 is 4.74 Å². The maximum Gasteiger partial charge on any atom is 0.160 e. The molecule has 1 fully saturated rings. The summed E-state index contributed by atoms with van der Waals surface area (Å²) >= 11 is 5.78. The third kappa shape index (κ3) is 2.64. The lowest BCUT2D eigenvalue weighted by atomic mass is 10.0. The summed E-state index contributed by atoms with van der Waals surface area (Å²) in [5.74, 6) is 0. The van der Waals surface area contributed by atoms with Gasteiger partial charge in [-0.15, -0.1) is 0 Å². The van der Waals surface area contributed by atoms with Crippen molar-refractivity contribution in [1.82, 2.24) is 0 Å². The molecule has 2 atom stereocenters. The normalized spacial score (nSPS) is 35.7. The Labute approximate surface area is 74.1 Å². The smallest absolute Gasteiger partial charge is 0.160 e. The largest absolute Gasteiger partial charge is 0.349 e. The Morgan fingerprint density at radius 2 is 2.00 bits per heavy atom. The number of ether oxygens (including phenoxy) is 1. The quantitative estimate of drug-likeness (QED) is 0.356. The van der Waals surface area contributed by atoms with Gasteiger partial charge in [0.25, 0.3) is 0 Å². The average molecular weight is 177 g/mol. The Kier molecular flexibility index (Phi) is 3.20. The van der Waals surface area contributed by atoms with Crippen LogP contribution < -0.4 is 0 Å². The van der Waals surface area contributed by atoms with Crippen LogP contribution in [0.2, 0.25) is 0 Å². The van der Waals surface area contributed by atoms with Gasteiger partial charge in [-0.25, -0.2) is 0 Å². The summed E-state index contributed by atoms with van der Waals surface area (Å²) in [5, 5.41) is 0. The molecule has 0 saturated carbocycles. The maximum atomic E-state index is 5.78. The van der Waals surface area contributed by atoms with Crippen LogP contribution in [0.1, 0.15) is 46.0 Å². The predicted molar refractivity (Wildman–Crippen MR) is 47.9 cm³/mol. The van der Waals surface area contributed by atoms with Crippen LogP contribution in [0.25, 0.3) is 0 Å². The molecular weight excluding hydrogens is 160 g/mol. The second-order valence-corrected chi connectivity index (χ2v) is 3.95. The minimum atomic E-state index is -0.0101. The maximum absolute atomic E-state index is 5.78. The molecule has 1 heterocycles. The molecule has 0 aromatic heterocycles. The second kappa shape index (κ2) is 3.77. The molecule has 0 unspecified atom stereocenters. The Bertz CT molecular complexity index is 127. The summed E-state index contributed by atoms with van der Waals surface area (Å²) in [7, 11) is 0. The third-order valence-corrected chi connectivity index (χ3v) is 2.87. The number of unbranched alkanes of at least 4 members (excludes halogenated alkanes) is 3. The summed E-state index contributed by atoms with van der Waals surface area (Å²) in [4.78, 5) is 0. The average Bonchev–Trinajstić information content (AvgIpc) is 2.54. The van der Waals surface area contributed by atoms with Gasteiger partial charge in [0.05, 0.1) is 0 Å². The van der Waals surface area contributed by atoms with Gasteiger partial charge in [0.15, 0.2) is 5.56 Å². The van der Waals surface area contributed by atoms with Crippen molar-refractivity contribution in [1.29, 1.82) is 0 Å². The number of hydrogen-bond donors (Lipinski definition) is 0. The standard InChI is InChI=1S/C9H17ClO/c1-3-4-5-6-7-9(2)8(10)11-9/h8H,3-7H2,1-2H3/t8-,9+/m0/s1. The van der Waals surface area contributed by atoms with Crippen LogP contribution >= 0.6 is 11.6 Å². The first kappa shape index (κ1) is 9.34. The Hall–Kier alpha value is 0.250. The van der Waals surface area contributed by atoms with Crippen molar-refractivity contribution in [3.05, 3.63) is 0 Å². The Morgan fingerprint density at radius 1 is 1.36 bits per heavy atom. The highest BCUT2D eigenvalue weighted by Crippen LogP contribution is 2.43. The lowest BCUT2D eigenvalue weighted by Gasteiger charge is -2.03. The van der Waals surface area contributed by atoms with Gasteiger partial charge in [-0.2, -0.15) is 0 Å². The molecule has 0 radical (unpaired) electrons. The first-order chi connectivity index (χ1) is 5.19. The lowest BCUT2D eigenvalue weighted by molar-refractivity contribution is 0.298. The summed E-state index contributed by atoms with van der Waals surface area (Å²) in [6.45, 7) is 4.32. The van der Waals surface area contributed by atoms with Crippen LogP contribution in [-0.4, -0.2) is 11.2 Å². The number of rotatable bonds is 5. The topological polar surface area (TPSA) is 12.5 Å². The molecule has 1 saturated heterocycles. The fourth-order valence-electron chi connectivity index (χ4n) is 1.28. The summed E-state index contributed by atoms with van der Waals surface area (Å²) in [6, 6.07) is 0. The van der Waals surface area contributed by atoms with Crippen molar-refractivity contribution in [2.24, 2.45) is 0 Å². The number of epoxide rings is 1. The van der Waals surface area contributed by atoms with Crippen LogP contribution in [0.5, 0.6) is 0 Å². The van der Waals surface area contributed by atoms with Gasteiger partial charge in [0.2, 0.25) is 0 Å². The molecule has 11 heavy (non-hydrogen) atoms. The SMILES string of the molecule is CCCCCC[C@@]1(C)O[C@@H]1Cl. The molecule has 1 nitrogen and oxygen atoms in total. The number of alkyl halides is 1. The molecule has 0 aromatic rings. The number of hydrogen-bond acceptors (Lipinski definition) is 1. The predicted octanol–water partition coefficient (Wildman–Crippen LogP) is 3.31. The summed E-state index contributed by atoms with van der Waals surface area (Å²) < 4.78 is 5.25. The zero-order chi connectivity index (χ0) is 8.32. The van der Waals surface area contributed by atoms with Gasteiger partial charge >= 0.3 is 0 Å². The van der Waals surface area contributed by atoms with Crippen molar-refractivity contribution in [3.63, 3.8) is 0 Å². The van der Waals surface area contributed by atoms with E-state index in [9.17, 15) is 0 Å². The fraction of sp³-hybridized carbons (Fsp3) is 1.00. The van der Waals surface area contributed by atoms with Crippen LogP contribution in [0.3, 0.4) is 0 Å². The first-order valence-electron chi connectivity index (χ1n) is 4.51. The molecule has 1 aliphatic heterocycles. The van der Waals surface area contributed by atoms with E-state index in [4.69, 9.17) is 16.3 Å². The molecule has 1 aliphatic rings. The van der Waals surface area contributed by atoms with Gasteiger partial charge in [-0.05, 0) is 13.3 Å². The van der Waals surface area contributed by atoms with E-state index in [0.29, 0.717) is 0 Å². The van der Waals surface area contributed by atoms with E-state index < -0.39 is 0 Å². The van der Waals surface area contributed by atoms with E-state index in [2.05, 4.69) is 13.8 Å². The molecule has 0 aliphatic carbocycles. The first-order valence-corrected chi connectivity index (χ1v) is 4.94. The highest BCUT2D eigenvalue weighted by atomic mass is 35.5. The van der Waals surface area contributed by atoms with Crippen molar-refractivity contribution >= 4 is 11.6 Å². The molecule has 0 N–H and O–H groups in total. The molecular formula is C9H17ClO. The molecule has 2 heteroatoms. The Morgan fingerprint density at radius 3 is 2.45 bits per heavy atom. The second-order valence-electron chi connectivity index (χ2n) is 3.56. The van der Waals surface area contributed by atoms with Gasteiger partial charge in [-0.1, -0.05) is 44.2 Å². The molecule has 0 spiro atoms.